The molecule has 1 aliphatic heterocycles. The molecule has 5 heteroatoms. The van der Waals surface area contributed by atoms with Crippen molar-refractivity contribution in [3.8, 4) is 5.75 Å². The summed E-state index contributed by atoms with van der Waals surface area (Å²) in [6.45, 7) is 3.47. The minimum absolute atomic E-state index is 0.595. The summed E-state index contributed by atoms with van der Waals surface area (Å²) in [7, 11) is 3.50. The lowest BCUT2D eigenvalue weighted by Gasteiger charge is -2.15. The number of nitrogens with one attached hydrogen (secondary N) is 2. The van der Waals surface area contributed by atoms with Gasteiger partial charge in [-0.05, 0) is 24.5 Å². The summed E-state index contributed by atoms with van der Waals surface area (Å²) in [4.78, 5) is 4.25. The Morgan fingerprint density at radius 2 is 2.24 bits per heavy atom. The average molecular weight is 291 g/mol. The molecule has 1 fully saturated rings. The van der Waals surface area contributed by atoms with Crippen molar-refractivity contribution >= 4 is 5.96 Å². The van der Waals surface area contributed by atoms with Gasteiger partial charge in [0.05, 0.1) is 13.7 Å². The Labute approximate surface area is 126 Å². The SMILES string of the molecule is CN=C(NCCc1ccccc1OC)NCC1CCOC1. The van der Waals surface area contributed by atoms with Gasteiger partial charge in [-0.15, -0.1) is 0 Å². The van der Waals surface area contributed by atoms with Crippen LogP contribution in [0.3, 0.4) is 0 Å². The highest BCUT2D eigenvalue weighted by molar-refractivity contribution is 5.79. The van der Waals surface area contributed by atoms with Crippen LogP contribution in [0, 0.1) is 5.92 Å². The second-order valence-corrected chi connectivity index (χ2v) is 5.17. The van der Waals surface area contributed by atoms with Crippen LogP contribution in [0.25, 0.3) is 0 Å². The van der Waals surface area contributed by atoms with Gasteiger partial charge in [-0.2, -0.15) is 0 Å². The standard InChI is InChI=1S/C16H25N3O2/c1-17-16(19-11-13-8-10-21-12-13)18-9-7-14-5-3-4-6-15(14)20-2/h3-6,13H,7-12H2,1-2H3,(H2,17,18,19). The highest BCUT2D eigenvalue weighted by Gasteiger charge is 2.15. The van der Waals surface area contributed by atoms with Crippen LogP contribution in [0.2, 0.25) is 0 Å². The van der Waals surface area contributed by atoms with Crippen LogP contribution in [0.5, 0.6) is 5.75 Å². The molecule has 0 aromatic heterocycles. The largest absolute Gasteiger partial charge is 0.496 e. The van der Waals surface area contributed by atoms with Crippen molar-refractivity contribution < 1.29 is 9.47 Å². The highest BCUT2D eigenvalue weighted by Crippen LogP contribution is 2.17. The van der Waals surface area contributed by atoms with Crippen LogP contribution >= 0.6 is 0 Å². The van der Waals surface area contributed by atoms with E-state index in [1.165, 1.54) is 5.56 Å². The molecule has 1 atom stereocenters. The quantitative estimate of drug-likeness (QED) is 0.615. The van der Waals surface area contributed by atoms with Gasteiger partial charge in [0.1, 0.15) is 5.75 Å². The number of benzene rings is 1. The van der Waals surface area contributed by atoms with E-state index in [0.29, 0.717) is 5.92 Å². The molecule has 0 amide bonds. The number of hydrogen-bond donors (Lipinski definition) is 2. The number of methoxy groups -OCH3 is 1. The summed E-state index contributed by atoms with van der Waals surface area (Å²) < 4.78 is 10.7. The van der Waals surface area contributed by atoms with Gasteiger partial charge >= 0.3 is 0 Å². The van der Waals surface area contributed by atoms with E-state index in [2.05, 4.69) is 21.7 Å². The van der Waals surface area contributed by atoms with Crippen molar-refractivity contribution in [3.63, 3.8) is 0 Å². The van der Waals surface area contributed by atoms with E-state index < -0.39 is 0 Å². The van der Waals surface area contributed by atoms with E-state index in [9.17, 15) is 0 Å². The van der Waals surface area contributed by atoms with Crippen molar-refractivity contribution in [3.05, 3.63) is 29.8 Å². The lowest BCUT2D eigenvalue weighted by atomic mass is 10.1. The molecule has 116 valence electrons. The first-order valence-corrected chi connectivity index (χ1v) is 7.47. The van der Waals surface area contributed by atoms with Crippen LogP contribution < -0.4 is 15.4 Å². The molecule has 0 bridgehead atoms. The number of para-hydroxylation sites is 1. The Morgan fingerprint density at radius 3 is 2.95 bits per heavy atom. The number of guanidine groups is 1. The van der Waals surface area contributed by atoms with E-state index >= 15 is 0 Å². The van der Waals surface area contributed by atoms with E-state index in [-0.39, 0.29) is 0 Å². The van der Waals surface area contributed by atoms with Gasteiger partial charge in [0.25, 0.3) is 0 Å². The summed E-state index contributed by atoms with van der Waals surface area (Å²) in [5, 5.41) is 6.69. The second kappa shape index (κ2) is 8.52. The normalized spacial score (nSPS) is 18.6. The molecular weight excluding hydrogens is 266 g/mol. The molecule has 1 aromatic carbocycles. The maximum Gasteiger partial charge on any atom is 0.190 e. The lowest BCUT2D eigenvalue weighted by Crippen LogP contribution is -2.40. The summed E-state index contributed by atoms with van der Waals surface area (Å²) in [6.07, 6.45) is 2.03. The van der Waals surface area contributed by atoms with E-state index in [0.717, 1.165) is 50.9 Å². The third kappa shape index (κ3) is 4.93. The van der Waals surface area contributed by atoms with E-state index in [1.807, 2.05) is 18.2 Å². The average Bonchev–Trinajstić information content (AvgIpc) is 3.04. The zero-order chi connectivity index (χ0) is 14.9. The molecule has 1 unspecified atom stereocenters. The fourth-order valence-corrected chi connectivity index (χ4v) is 2.43. The first-order chi connectivity index (χ1) is 10.3. The zero-order valence-corrected chi connectivity index (χ0v) is 12.9. The Morgan fingerprint density at radius 1 is 1.38 bits per heavy atom. The molecule has 1 aromatic rings. The van der Waals surface area contributed by atoms with Crippen molar-refractivity contribution in [2.45, 2.75) is 12.8 Å². The Kier molecular flexibility index (Phi) is 6.34. The van der Waals surface area contributed by atoms with E-state index in [4.69, 9.17) is 9.47 Å². The second-order valence-electron chi connectivity index (χ2n) is 5.17. The minimum Gasteiger partial charge on any atom is -0.496 e. The van der Waals surface area contributed by atoms with Crippen molar-refractivity contribution in [2.75, 3.05) is 40.5 Å². The van der Waals surface area contributed by atoms with Crippen LogP contribution in [0.1, 0.15) is 12.0 Å². The number of nitrogens with zero attached hydrogens (tertiary/aromatic N) is 1. The van der Waals surface area contributed by atoms with Crippen LogP contribution in [0.15, 0.2) is 29.3 Å². The Hall–Kier alpha value is -1.75. The van der Waals surface area contributed by atoms with Gasteiger partial charge in [0, 0.05) is 32.7 Å². The number of hydrogen-bond acceptors (Lipinski definition) is 3. The number of aliphatic imine (C=N–C) groups is 1. The van der Waals surface area contributed by atoms with Crippen LogP contribution in [-0.4, -0.2) is 46.4 Å². The molecular formula is C16H25N3O2. The van der Waals surface area contributed by atoms with Gasteiger partial charge in [0.2, 0.25) is 0 Å². The summed E-state index contributed by atoms with van der Waals surface area (Å²) in [5.74, 6) is 2.37. The molecule has 1 aliphatic rings. The van der Waals surface area contributed by atoms with Gasteiger partial charge in [-0.1, -0.05) is 18.2 Å². The summed E-state index contributed by atoms with van der Waals surface area (Å²) in [5.41, 5.74) is 1.20. The van der Waals surface area contributed by atoms with Gasteiger partial charge < -0.3 is 20.1 Å². The van der Waals surface area contributed by atoms with Crippen LogP contribution in [-0.2, 0) is 11.2 Å². The smallest absolute Gasteiger partial charge is 0.190 e. The predicted octanol–water partition coefficient (Wildman–Crippen LogP) is 1.44. The van der Waals surface area contributed by atoms with E-state index in [1.54, 1.807) is 14.2 Å². The maximum absolute atomic E-state index is 5.37. The minimum atomic E-state index is 0.595. The first kappa shape index (κ1) is 15.6. The highest BCUT2D eigenvalue weighted by atomic mass is 16.5. The Bertz CT molecular complexity index is 457. The predicted molar refractivity (Wildman–Crippen MR) is 85.0 cm³/mol. The molecule has 0 aliphatic carbocycles. The molecule has 2 N–H and O–H groups in total. The molecule has 0 saturated carbocycles. The lowest BCUT2D eigenvalue weighted by molar-refractivity contribution is 0.186. The third-order valence-electron chi connectivity index (χ3n) is 3.69. The summed E-state index contributed by atoms with van der Waals surface area (Å²) in [6, 6.07) is 8.10. The third-order valence-corrected chi connectivity index (χ3v) is 3.69. The van der Waals surface area contributed by atoms with Crippen molar-refractivity contribution in [1.82, 2.24) is 10.6 Å². The molecule has 0 spiro atoms. The molecule has 5 nitrogen and oxygen atoms in total. The molecule has 21 heavy (non-hydrogen) atoms. The monoisotopic (exact) mass is 291 g/mol. The zero-order valence-electron chi connectivity index (χ0n) is 12.9. The van der Waals surface area contributed by atoms with Gasteiger partial charge in [-0.25, -0.2) is 0 Å². The fraction of sp³-hybridized carbons (Fsp3) is 0.562. The topological polar surface area (TPSA) is 54.9 Å². The van der Waals surface area contributed by atoms with Crippen molar-refractivity contribution in [1.29, 1.82) is 0 Å². The molecule has 1 heterocycles. The van der Waals surface area contributed by atoms with Crippen LogP contribution in [0.4, 0.5) is 0 Å². The number of ether oxygens (including phenoxy) is 2. The van der Waals surface area contributed by atoms with Gasteiger partial charge in [-0.3, -0.25) is 4.99 Å². The molecule has 1 saturated heterocycles. The first-order valence-electron chi connectivity index (χ1n) is 7.47. The fourth-order valence-electron chi connectivity index (χ4n) is 2.43. The van der Waals surface area contributed by atoms with Gasteiger partial charge in [0.15, 0.2) is 5.96 Å². The summed E-state index contributed by atoms with van der Waals surface area (Å²) >= 11 is 0. The number of rotatable bonds is 6. The maximum atomic E-state index is 5.37. The Balaban J connectivity index is 1.72. The van der Waals surface area contributed by atoms with Crippen molar-refractivity contribution in [2.24, 2.45) is 10.9 Å². The molecule has 2 rings (SSSR count). The molecule has 0 radical (unpaired) electrons.